The van der Waals surface area contributed by atoms with Gasteiger partial charge < -0.3 is 25.4 Å². The smallest absolute Gasteiger partial charge is 0.396 e. The fourth-order valence-electron chi connectivity index (χ4n) is 4.25. The number of nitriles is 1. The van der Waals surface area contributed by atoms with Crippen LogP contribution in [0.15, 0.2) is 42.5 Å². The Labute approximate surface area is 206 Å². The van der Waals surface area contributed by atoms with Crippen LogP contribution in [0.5, 0.6) is 0 Å². The van der Waals surface area contributed by atoms with Gasteiger partial charge in [0.25, 0.3) is 0 Å². The third-order valence-electron chi connectivity index (χ3n) is 6.00. The summed E-state index contributed by atoms with van der Waals surface area (Å²) in [6.07, 6.45) is -4.47. The number of nitrogens with one attached hydrogen (secondary N) is 2. The molecule has 0 radical (unpaired) electrons. The molecule has 2 amide bonds. The number of alkyl halides is 3. The van der Waals surface area contributed by atoms with Gasteiger partial charge in [-0.05, 0) is 61.7 Å². The molecule has 36 heavy (non-hydrogen) atoms. The first kappa shape index (κ1) is 26.8. The van der Waals surface area contributed by atoms with Gasteiger partial charge in [0.05, 0.1) is 35.3 Å². The van der Waals surface area contributed by atoms with E-state index < -0.39 is 30.5 Å². The van der Waals surface area contributed by atoms with Crippen LogP contribution in [-0.4, -0.2) is 49.1 Å². The van der Waals surface area contributed by atoms with Gasteiger partial charge in [0, 0.05) is 31.5 Å². The second-order valence-corrected chi connectivity index (χ2v) is 8.37. The first-order chi connectivity index (χ1) is 17.1. The first-order valence-corrected chi connectivity index (χ1v) is 11.5. The summed E-state index contributed by atoms with van der Waals surface area (Å²) < 4.78 is 46.6. The number of carboxylic acids is 1. The van der Waals surface area contributed by atoms with E-state index in [-0.39, 0.29) is 17.3 Å². The van der Waals surface area contributed by atoms with E-state index in [0.717, 1.165) is 12.8 Å². The van der Waals surface area contributed by atoms with Gasteiger partial charge in [-0.2, -0.15) is 18.4 Å². The van der Waals surface area contributed by atoms with Crippen molar-refractivity contribution in [2.24, 2.45) is 0 Å². The van der Waals surface area contributed by atoms with Crippen LogP contribution in [0.25, 0.3) is 0 Å². The van der Waals surface area contributed by atoms with Crippen LogP contribution in [-0.2, 0) is 9.53 Å². The maximum absolute atomic E-state index is 13.7. The third-order valence-corrected chi connectivity index (χ3v) is 6.00. The lowest BCUT2D eigenvalue weighted by atomic mass is 9.93. The minimum Gasteiger partial charge on any atom is -0.481 e. The van der Waals surface area contributed by atoms with Crippen LogP contribution >= 0.6 is 0 Å². The van der Waals surface area contributed by atoms with Crippen molar-refractivity contribution >= 4 is 29.1 Å². The Morgan fingerprint density at radius 3 is 2.39 bits per heavy atom. The molecule has 11 heteroatoms. The molecule has 0 bridgehead atoms. The van der Waals surface area contributed by atoms with E-state index in [2.05, 4.69) is 10.6 Å². The summed E-state index contributed by atoms with van der Waals surface area (Å²) in [7, 11) is 0. The summed E-state index contributed by atoms with van der Waals surface area (Å²) in [5.74, 6) is -3.81. The molecular formula is C25H27F3N4O4. The maximum Gasteiger partial charge on any atom is 0.396 e. The molecule has 0 unspecified atom stereocenters. The summed E-state index contributed by atoms with van der Waals surface area (Å²) in [5, 5.41) is 23.2. The number of anilines is 3. The number of hydrogen-bond acceptors (Lipinski definition) is 5. The molecule has 0 aliphatic carbocycles. The topological polar surface area (TPSA) is 115 Å². The van der Waals surface area contributed by atoms with E-state index in [9.17, 15) is 22.8 Å². The van der Waals surface area contributed by atoms with Gasteiger partial charge in [-0.3, -0.25) is 4.79 Å². The predicted molar refractivity (Wildman–Crippen MR) is 128 cm³/mol. The molecule has 192 valence electrons. The minimum atomic E-state index is -4.78. The highest BCUT2D eigenvalue weighted by atomic mass is 19.4. The number of carbonyl (C=O) groups is 2. The van der Waals surface area contributed by atoms with Crippen molar-refractivity contribution in [3.8, 4) is 6.07 Å². The molecule has 1 fully saturated rings. The Hall–Kier alpha value is -3.78. The van der Waals surface area contributed by atoms with Crippen LogP contribution in [0, 0.1) is 11.3 Å². The Morgan fingerprint density at radius 1 is 1.17 bits per heavy atom. The average Bonchev–Trinajstić information content (AvgIpc) is 2.84. The highest BCUT2D eigenvalue weighted by Gasteiger charge is 2.42. The molecule has 3 rings (SSSR count). The zero-order chi connectivity index (χ0) is 26.3. The van der Waals surface area contributed by atoms with Crippen molar-refractivity contribution in [1.82, 2.24) is 0 Å². The molecule has 1 aliphatic rings. The van der Waals surface area contributed by atoms with Gasteiger partial charge in [-0.1, -0.05) is 6.07 Å². The van der Waals surface area contributed by atoms with Crippen LogP contribution in [0.4, 0.5) is 35.0 Å². The van der Waals surface area contributed by atoms with Crippen molar-refractivity contribution < 1.29 is 32.6 Å². The summed E-state index contributed by atoms with van der Waals surface area (Å²) in [6.45, 7) is 3.55. The second kappa shape index (κ2) is 11.8. The zero-order valence-corrected chi connectivity index (χ0v) is 19.6. The molecule has 0 aromatic heterocycles. The van der Waals surface area contributed by atoms with E-state index >= 15 is 0 Å². The molecule has 2 aromatic carbocycles. The molecule has 1 heterocycles. The molecule has 0 saturated carbocycles. The predicted octanol–water partition coefficient (Wildman–Crippen LogP) is 5.33. The Kier molecular flexibility index (Phi) is 8.77. The number of nitrogens with zero attached hydrogens (tertiary/aromatic N) is 2. The zero-order valence-electron chi connectivity index (χ0n) is 19.6. The molecule has 8 nitrogen and oxygen atoms in total. The van der Waals surface area contributed by atoms with E-state index in [1.54, 1.807) is 0 Å². The molecule has 1 aliphatic heterocycles. The molecule has 2 aromatic rings. The second-order valence-electron chi connectivity index (χ2n) is 8.37. The number of amides is 2. The van der Waals surface area contributed by atoms with Crippen molar-refractivity contribution in [2.75, 3.05) is 35.3 Å². The van der Waals surface area contributed by atoms with Gasteiger partial charge in [0.1, 0.15) is 0 Å². The third kappa shape index (κ3) is 6.88. The lowest BCUT2D eigenvalue weighted by molar-refractivity contribution is -0.163. The molecule has 1 atom stereocenters. The summed E-state index contributed by atoms with van der Waals surface area (Å²) in [5.41, 5.74) is 1.19. The summed E-state index contributed by atoms with van der Waals surface area (Å²) >= 11 is 0. The SMILES string of the molecule is CCN(c1ccc([C@@H](CC(=O)O)C(F)(F)F)cc1NC(=O)Nc1ccc(C#N)cc1)C1CCOCC1. The molecule has 3 N–H and O–H groups in total. The van der Waals surface area contributed by atoms with Crippen LogP contribution in [0.1, 0.15) is 43.2 Å². The standard InChI is InChI=1S/C25H27F3N4O4/c1-2-32(19-9-11-36-12-10-19)22-8-5-17(20(14-23(33)34)25(26,27)28)13-21(22)31-24(35)30-18-6-3-16(15-29)4-7-18/h3-8,13,19-20H,2,9-12,14H2,1H3,(H,33,34)(H2,30,31,35)/t20-/m1/s1. The number of halogens is 3. The van der Waals surface area contributed by atoms with Gasteiger partial charge in [0.15, 0.2) is 0 Å². The number of ether oxygens (including phenoxy) is 1. The summed E-state index contributed by atoms with van der Waals surface area (Å²) in [6, 6.07) is 11.4. The monoisotopic (exact) mass is 504 g/mol. The Morgan fingerprint density at radius 2 is 1.83 bits per heavy atom. The molecule has 0 spiro atoms. The van der Waals surface area contributed by atoms with E-state index in [1.807, 2.05) is 17.9 Å². The fourth-order valence-corrected chi connectivity index (χ4v) is 4.25. The van der Waals surface area contributed by atoms with Crippen molar-refractivity contribution in [3.63, 3.8) is 0 Å². The van der Waals surface area contributed by atoms with Gasteiger partial charge in [-0.25, -0.2) is 4.79 Å². The normalized spacial score (nSPS) is 15.0. The largest absolute Gasteiger partial charge is 0.481 e. The number of rotatable bonds is 8. The Balaban J connectivity index is 1.96. The number of carbonyl (C=O) groups excluding carboxylic acids is 1. The highest BCUT2D eigenvalue weighted by molar-refractivity contribution is 6.02. The van der Waals surface area contributed by atoms with Crippen LogP contribution < -0.4 is 15.5 Å². The van der Waals surface area contributed by atoms with E-state index in [4.69, 9.17) is 15.1 Å². The number of aliphatic carboxylic acids is 1. The lowest BCUT2D eigenvalue weighted by Crippen LogP contribution is -2.40. The number of hydrogen-bond donors (Lipinski definition) is 3. The van der Waals surface area contributed by atoms with Crippen LogP contribution in [0.3, 0.4) is 0 Å². The lowest BCUT2D eigenvalue weighted by Gasteiger charge is -2.36. The number of benzene rings is 2. The first-order valence-electron chi connectivity index (χ1n) is 11.5. The maximum atomic E-state index is 13.7. The van der Waals surface area contributed by atoms with E-state index in [0.29, 0.717) is 36.7 Å². The van der Waals surface area contributed by atoms with Gasteiger partial charge in [0.2, 0.25) is 0 Å². The highest BCUT2D eigenvalue weighted by Crippen LogP contribution is 2.41. The number of carboxylic acid groups (broad SMARTS) is 1. The van der Waals surface area contributed by atoms with Gasteiger partial charge in [-0.15, -0.1) is 0 Å². The van der Waals surface area contributed by atoms with Crippen molar-refractivity contribution in [1.29, 1.82) is 5.26 Å². The van der Waals surface area contributed by atoms with Crippen molar-refractivity contribution in [2.45, 2.75) is 44.3 Å². The molecule has 1 saturated heterocycles. The van der Waals surface area contributed by atoms with Crippen molar-refractivity contribution in [3.05, 3.63) is 53.6 Å². The fraction of sp³-hybridized carbons (Fsp3) is 0.400. The quantitative estimate of drug-likeness (QED) is 0.448. The summed E-state index contributed by atoms with van der Waals surface area (Å²) in [4.78, 5) is 25.9. The molecular weight excluding hydrogens is 477 g/mol. The number of urea groups is 1. The minimum absolute atomic E-state index is 0.0640. The average molecular weight is 505 g/mol. The van der Waals surface area contributed by atoms with Crippen LogP contribution in [0.2, 0.25) is 0 Å². The van der Waals surface area contributed by atoms with Gasteiger partial charge >= 0.3 is 18.2 Å². The Bertz CT molecular complexity index is 1110. The van der Waals surface area contributed by atoms with E-state index in [1.165, 1.54) is 42.5 Å².